The molecule has 2 aromatic rings. The van der Waals surface area contributed by atoms with Gasteiger partial charge in [0.15, 0.2) is 0 Å². The summed E-state index contributed by atoms with van der Waals surface area (Å²) in [4.78, 5) is 4.29. The predicted molar refractivity (Wildman–Crippen MR) is 62.5 cm³/mol. The summed E-state index contributed by atoms with van der Waals surface area (Å²) in [6, 6.07) is 10.1. The molecule has 2 nitrogen and oxygen atoms in total. The number of benzene rings is 1. The van der Waals surface area contributed by atoms with Crippen LogP contribution in [0, 0.1) is 0 Å². The van der Waals surface area contributed by atoms with Crippen molar-refractivity contribution in [1.29, 1.82) is 0 Å². The fourth-order valence-corrected chi connectivity index (χ4v) is 1.48. The molecule has 0 amide bonds. The van der Waals surface area contributed by atoms with Crippen molar-refractivity contribution in [2.24, 2.45) is 0 Å². The Hall–Kier alpha value is -1.67. The van der Waals surface area contributed by atoms with Crippen LogP contribution in [0.1, 0.15) is 12.0 Å². The molecule has 1 N–H and O–H groups in total. The minimum absolute atomic E-state index is 0.197. The Morgan fingerprint density at radius 2 is 2.20 bits per heavy atom. The quantitative estimate of drug-likeness (QED) is 0.824. The monoisotopic (exact) mass is 199 g/mol. The van der Waals surface area contributed by atoms with Crippen LogP contribution in [-0.2, 0) is 0 Å². The third kappa shape index (κ3) is 2.42. The van der Waals surface area contributed by atoms with Gasteiger partial charge in [-0.2, -0.15) is 0 Å². The summed E-state index contributed by atoms with van der Waals surface area (Å²) in [5.74, 6) is 0. The molecule has 1 aromatic carbocycles. The molecular weight excluding hydrogens is 186 g/mol. The third-order valence-corrected chi connectivity index (χ3v) is 2.24. The van der Waals surface area contributed by atoms with E-state index in [9.17, 15) is 0 Å². The normalized spacial score (nSPS) is 11.3. The van der Waals surface area contributed by atoms with E-state index in [-0.39, 0.29) is 6.61 Å². The van der Waals surface area contributed by atoms with Crippen LogP contribution in [0.3, 0.4) is 0 Å². The van der Waals surface area contributed by atoms with Crippen molar-refractivity contribution in [3.8, 4) is 0 Å². The summed E-state index contributed by atoms with van der Waals surface area (Å²) in [5, 5.41) is 9.80. The third-order valence-electron chi connectivity index (χ3n) is 2.24. The zero-order chi connectivity index (χ0) is 10.5. The zero-order valence-corrected chi connectivity index (χ0v) is 8.43. The molecule has 2 heteroatoms. The van der Waals surface area contributed by atoms with E-state index in [2.05, 4.69) is 17.1 Å². The summed E-state index contributed by atoms with van der Waals surface area (Å²) in [6.07, 6.45) is 6.46. The lowest BCUT2D eigenvalue weighted by Gasteiger charge is -1.97. The zero-order valence-electron chi connectivity index (χ0n) is 8.43. The van der Waals surface area contributed by atoms with E-state index < -0.39 is 0 Å². The number of rotatable bonds is 3. The maximum atomic E-state index is 8.65. The second-order valence-corrected chi connectivity index (χ2v) is 3.37. The van der Waals surface area contributed by atoms with Gasteiger partial charge in [-0.1, -0.05) is 30.4 Å². The molecule has 1 aromatic heterocycles. The lowest BCUT2D eigenvalue weighted by molar-refractivity contribution is 0.303. The fourth-order valence-electron chi connectivity index (χ4n) is 1.48. The van der Waals surface area contributed by atoms with Gasteiger partial charge in [0.25, 0.3) is 0 Å². The van der Waals surface area contributed by atoms with E-state index in [1.165, 1.54) is 0 Å². The van der Waals surface area contributed by atoms with Crippen molar-refractivity contribution in [2.45, 2.75) is 6.42 Å². The molecule has 0 aliphatic heterocycles. The minimum atomic E-state index is 0.197. The van der Waals surface area contributed by atoms with Gasteiger partial charge in [0, 0.05) is 18.2 Å². The van der Waals surface area contributed by atoms with Crippen molar-refractivity contribution in [3.63, 3.8) is 0 Å². The first kappa shape index (κ1) is 9.87. The fraction of sp³-hybridized carbons (Fsp3) is 0.154. The minimum Gasteiger partial charge on any atom is -0.396 e. The van der Waals surface area contributed by atoms with Crippen LogP contribution in [0.5, 0.6) is 0 Å². The van der Waals surface area contributed by atoms with Crippen LogP contribution in [0.4, 0.5) is 0 Å². The summed E-state index contributed by atoms with van der Waals surface area (Å²) in [6.45, 7) is 0.197. The SMILES string of the molecule is OCCC=Cc1ccc2cccnc2c1. The molecule has 76 valence electrons. The number of aliphatic hydroxyl groups excluding tert-OH is 1. The number of hydrogen-bond donors (Lipinski definition) is 1. The van der Waals surface area contributed by atoms with Gasteiger partial charge in [-0.15, -0.1) is 0 Å². The van der Waals surface area contributed by atoms with E-state index >= 15 is 0 Å². The van der Waals surface area contributed by atoms with Crippen molar-refractivity contribution >= 4 is 17.0 Å². The first-order valence-electron chi connectivity index (χ1n) is 5.02. The van der Waals surface area contributed by atoms with Crippen LogP contribution in [0.15, 0.2) is 42.6 Å². The van der Waals surface area contributed by atoms with Crippen molar-refractivity contribution in [1.82, 2.24) is 4.98 Å². The Labute approximate surface area is 88.9 Å². The second-order valence-electron chi connectivity index (χ2n) is 3.37. The standard InChI is InChI=1S/C13H13NO/c15-9-2-1-4-11-6-7-12-5-3-8-14-13(12)10-11/h1,3-8,10,15H,2,9H2. The number of hydrogen-bond acceptors (Lipinski definition) is 2. The molecule has 0 saturated heterocycles. The van der Waals surface area contributed by atoms with Gasteiger partial charge in [-0.3, -0.25) is 4.98 Å². The Kier molecular flexibility index (Phi) is 3.10. The Balaban J connectivity index is 2.30. The highest BCUT2D eigenvalue weighted by atomic mass is 16.2. The van der Waals surface area contributed by atoms with Crippen molar-refractivity contribution in [2.75, 3.05) is 6.61 Å². The molecular formula is C13H13NO. The number of aliphatic hydroxyl groups is 1. The molecule has 0 aliphatic rings. The highest BCUT2D eigenvalue weighted by Gasteiger charge is 1.93. The van der Waals surface area contributed by atoms with Gasteiger partial charge in [-0.05, 0) is 24.1 Å². The number of nitrogens with zero attached hydrogens (tertiary/aromatic N) is 1. The van der Waals surface area contributed by atoms with Gasteiger partial charge >= 0.3 is 0 Å². The van der Waals surface area contributed by atoms with Crippen LogP contribution < -0.4 is 0 Å². The summed E-state index contributed by atoms with van der Waals surface area (Å²) in [7, 11) is 0. The molecule has 0 saturated carbocycles. The maximum Gasteiger partial charge on any atom is 0.0707 e. The first-order valence-corrected chi connectivity index (χ1v) is 5.02. The second kappa shape index (κ2) is 4.71. The van der Waals surface area contributed by atoms with Crippen LogP contribution in [0.25, 0.3) is 17.0 Å². The van der Waals surface area contributed by atoms with E-state index in [4.69, 9.17) is 5.11 Å². The average Bonchev–Trinajstić information content (AvgIpc) is 2.29. The first-order chi connectivity index (χ1) is 7.40. The van der Waals surface area contributed by atoms with Gasteiger partial charge in [0.2, 0.25) is 0 Å². The number of aromatic nitrogens is 1. The van der Waals surface area contributed by atoms with Crippen molar-refractivity contribution in [3.05, 3.63) is 48.2 Å². The van der Waals surface area contributed by atoms with Gasteiger partial charge in [-0.25, -0.2) is 0 Å². The Morgan fingerprint density at radius 1 is 1.27 bits per heavy atom. The molecule has 0 spiro atoms. The molecule has 0 bridgehead atoms. The lowest BCUT2D eigenvalue weighted by atomic mass is 10.1. The molecule has 0 aliphatic carbocycles. The Morgan fingerprint density at radius 3 is 3.07 bits per heavy atom. The molecule has 2 rings (SSSR count). The maximum absolute atomic E-state index is 8.65. The van der Waals surface area contributed by atoms with Crippen LogP contribution in [0.2, 0.25) is 0 Å². The Bertz CT molecular complexity index is 477. The highest BCUT2D eigenvalue weighted by molar-refractivity contribution is 5.80. The molecule has 1 heterocycles. The number of fused-ring (bicyclic) bond motifs is 1. The van der Waals surface area contributed by atoms with Gasteiger partial charge in [0.05, 0.1) is 5.52 Å². The van der Waals surface area contributed by atoms with Crippen molar-refractivity contribution < 1.29 is 5.11 Å². The molecule has 0 fully saturated rings. The van der Waals surface area contributed by atoms with Gasteiger partial charge < -0.3 is 5.11 Å². The predicted octanol–water partition coefficient (Wildman–Crippen LogP) is 2.63. The molecule has 0 radical (unpaired) electrons. The summed E-state index contributed by atoms with van der Waals surface area (Å²) in [5.41, 5.74) is 2.12. The summed E-state index contributed by atoms with van der Waals surface area (Å²) >= 11 is 0. The lowest BCUT2D eigenvalue weighted by Crippen LogP contribution is -1.80. The molecule has 0 unspecified atom stereocenters. The largest absolute Gasteiger partial charge is 0.396 e. The van der Waals surface area contributed by atoms with Crippen LogP contribution >= 0.6 is 0 Å². The average molecular weight is 199 g/mol. The van der Waals surface area contributed by atoms with E-state index in [0.717, 1.165) is 16.5 Å². The topological polar surface area (TPSA) is 33.1 Å². The van der Waals surface area contributed by atoms with E-state index in [1.807, 2.05) is 30.4 Å². The van der Waals surface area contributed by atoms with E-state index in [0.29, 0.717) is 6.42 Å². The smallest absolute Gasteiger partial charge is 0.0707 e. The number of pyridine rings is 1. The summed E-state index contributed by atoms with van der Waals surface area (Å²) < 4.78 is 0. The highest BCUT2D eigenvalue weighted by Crippen LogP contribution is 2.14. The van der Waals surface area contributed by atoms with E-state index in [1.54, 1.807) is 6.20 Å². The molecule has 0 atom stereocenters. The molecule has 15 heavy (non-hydrogen) atoms. The van der Waals surface area contributed by atoms with Crippen LogP contribution in [-0.4, -0.2) is 16.7 Å². The van der Waals surface area contributed by atoms with Gasteiger partial charge in [0.1, 0.15) is 0 Å².